The Morgan fingerprint density at radius 2 is 2.07 bits per heavy atom. The summed E-state index contributed by atoms with van der Waals surface area (Å²) in [6, 6.07) is 0.971. The van der Waals surface area contributed by atoms with E-state index >= 15 is 0 Å². The molecule has 4 nitrogen and oxygen atoms in total. The zero-order valence-corrected chi connectivity index (χ0v) is 8.16. The van der Waals surface area contributed by atoms with Crippen molar-refractivity contribution in [3.63, 3.8) is 0 Å². The first-order chi connectivity index (χ1) is 7.13. The third kappa shape index (κ3) is 2.20. The van der Waals surface area contributed by atoms with Gasteiger partial charge >= 0.3 is 0 Å². The highest BCUT2D eigenvalue weighted by atomic mass is 19.3. The van der Waals surface area contributed by atoms with Gasteiger partial charge in [0.25, 0.3) is 12.3 Å². The van der Waals surface area contributed by atoms with Gasteiger partial charge in [0, 0.05) is 0 Å². The van der Waals surface area contributed by atoms with Gasteiger partial charge in [0.2, 0.25) is 0 Å². The van der Waals surface area contributed by atoms with Crippen LogP contribution in [0.15, 0.2) is 6.07 Å². The van der Waals surface area contributed by atoms with E-state index in [1.54, 1.807) is 0 Å². The fourth-order valence-electron chi connectivity index (χ4n) is 1.11. The molecule has 0 spiro atoms. The average Bonchev–Trinajstić information content (AvgIpc) is 2.26. The van der Waals surface area contributed by atoms with Gasteiger partial charge in [0.15, 0.2) is 12.0 Å². The molecule has 0 radical (unpaired) electrons. The molecular weight excluding hydrogens is 208 g/mol. The summed E-state index contributed by atoms with van der Waals surface area (Å²) in [6.07, 6.45) is -2.39. The predicted molar refractivity (Wildman–Crippen MR) is 47.7 cm³/mol. The van der Waals surface area contributed by atoms with Crippen LogP contribution in [-0.4, -0.2) is 25.5 Å². The molecule has 1 aromatic heterocycles. The molecule has 0 N–H and O–H groups in total. The van der Waals surface area contributed by atoms with Crippen molar-refractivity contribution in [3.05, 3.63) is 17.3 Å². The van der Waals surface area contributed by atoms with Gasteiger partial charge in [-0.3, -0.25) is 4.79 Å². The summed E-state index contributed by atoms with van der Waals surface area (Å²) in [5, 5.41) is 0. The molecule has 6 heteroatoms. The Hall–Kier alpha value is -1.72. The second kappa shape index (κ2) is 4.68. The minimum absolute atomic E-state index is 0.122. The number of nitrogens with zero attached hydrogens (tertiary/aromatic N) is 1. The Morgan fingerprint density at radius 1 is 1.40 bits per heavy atom. The zero-order valence-electron chi connectivity index (χ0n) is 8.16. The molecule has 0 amide bonds. The summed E-state index contributed by atoms with van der Waals surface area (Å²) in [5.41, 5.74) is -0.533. The molecule has 0 atom stereocenters. The van der Waals surface area contributed by atoms with E-state index in [-0.39, 0.29) is 17.3 Å². The van der Waals surface area contributed by atoms with Gasteiger partial charge in [-0.05, 0) is 6.07 Å². The number of carbonyl (C=O) groups excluding carboxylic acids is 1. The number of rotatable bonds is 4. The number of ether oxygens (including phenoxy) is 2. The Bertz CT molecular complexity index is 369. The molecule has 0 saturated carbocycles. The van der Waals surface area contributed by atoms with Crippen molar-refractivity contribution in [2.45, 2.75) is 6.43 Å². The molecule has 0 saturated heterocycles. The second-order valence-corrected chi connectivity index (χ2v) is 2.60. The van der Waals surface area contributed by atoms with E-state index in [0.29, 0.717) is 6.29 Å². The van der Waals surface area contributed by atoms with Crippen molar-refractivity contribution in [1.29, 1.82) is 0 Å². The van der Waals surface area contributed by atoms with Crippen LogP contribution in [0.5, 0.6) is 11.6 Å². The Labute approximate surface area is 84.8 Å². The lowest BCUT2D eigenvalue weighted by Crippen LogP contribution is -2.01. The summed E-state index contributed by atoms with van der Waals surface area (Å²) in [4.78, 5) is 14.1. The van der Waals surface area contributed by atoms with Crippen LogP contribution in [0.4, 0.5) is 8.78 Å². The number of aromatic nitrogens is 1. The fourth-order valence-corrected chi connectivity index (χ4v) is 1.11. The number of halogens is 2. The number of hydrogen-bond acceptors (Lipinski definition) is 4. The highest BCUT2D eigenvalue weighted by Crippen LogP contribution is 2.35. The monoisotopic (exact) mass is 217 g/mol. The summed E-state index contributed by atoms with van der Waals surface area (Å²) in [5.74, 6) is -0.282. The third-order valence-electron chi connectivity index (χ3n) is 1.74. The quantitative estimate of drug-likeness (QED) is 0.722. The minimum Gasteiger partial charge on any atom is -0.491 e. The normalized spacial score (nSPS) is 10.2. The molecular formula is C9H9F2NO3. The van der Waals surface area contributed by atoms with Gasteiger partial charge in [-0.1, -0.05) is 0 Å². The maximum atomic E-state index is 12.6. The predicted octanol–water partition coefficient (Wildman–Crippen LogP) is 1.85. The third-order valence-corrected chi connectivity index (χ3v) is 1.74. The average molecular weight is 217 g/mol. The Balaban J connectivity index is 3.38. The SMILES string of the molecule is COc1nc(C=O)cc(C(F)F)c1OC. The molecule has 15 heavy (non-hydrogen) atoms. The van der Waals surface area contributed by atoms with Crippen LogP contribution in [0.2, 0.25) is 0 Å². The van der Waals surface area contributed by atoms with Crippen LogP contribution < -0.4 is 9.47 Å². The van der Waals surface area contributed by atoms with Gasteiger partial charge < -0.3 is 9.47 Å². The van der Waals surface area contributed by atoms with E-state index in [0.717, 1.165) is 6.07 Å². The topological polar surface area (TPSA) is 48.4 Å². The molecule has 0 fully saturated rings. The van der Waals surface area contributed by atoms with Crippen molar-refractivity contribution < 1.29 is 23.0 Å². The maximum Gasteiger partial charge on any atom is 0.267 e. The molecule has 1 rings (SSSR count). The van der Waals surface area contributed by atoms with E-state index in [4.69, 9.17) is 9.47 Å². The lowest BCUT2D eigenvalue weighted by Gasteiger charge is -2.11. The maximum absolute atomic E-state index is 12.6. The number of alkyl halides is 2. The summed E-state index contributed by atoms with van der Waals surface area (Å²) >= 11 is 0. The van der Waals surface area contributed by atoms with Crippen molar-refractivity contribution in [3.8, 4) is 11.6 Å². The number of methoxy groups -OCH3 is 2. The molecule has 0 bridgehead atoms. The van der Waals surface area contributed by atoms with Gasteiger partial charge in [-0.25, -0.2) is 13.8 Å². The Kier molecular flexibility index (Phi) is 3.54. The van der Waals surface area contributed by atoms with Gasteiger partial charge in [0.1, 0.15) is 5.69 Å². The summed E-state index contributed by atoms with van der Waals surface area (Å²) in [7, 11) is 2.49. The lowest BCUT2D eigenvalue weighted by atomic mass is 10.2. The molecule has 0 aliphatic carbocycles. The molecule has 0 aromatic carbocycles. The van der Waals surface area contributed by atoms with Crippen molar-refractivity contribution in [2.24, 2.45) is 0 Å². The fraction of sp³-hybridized carbons (Fsp3) is 0.333. The second-order valence-electron chi connectivity index (χ2n) is 2.60. The van der Waals surface area contributed by atoms with Crippen LogP contribution >= 0.6 is 0 Å². The number of aldehydes is 1. The van der Waals surface area contributed by atoms with E-state index < -0.39 is 12.0 Å². The lowest BCUT2D eigenvalue weighted by molar-refractivity contribution is 0.111. The molecule has 0 aliphatic heterocycles. The molecule has 0 aliphatic rings. The Morgan fingerprint density at radius 3 is 2.47 bits per heavy atom. The number of pyridine rings is 1. The summed E-state index contributed by atoms with van der Waals surface area (Å²) < 4.78 is 34.6. The highest BCUT2D eigenvalue weighted by Gasteiger charge is 2.20. The first kappa shape index (κ1) is 11.4. The zero-order chi connectivity index (χ0) is 11.4. The molecule has 1 heterocycles. The van der Waals surface area contributed by atoms with E-state index in [9.17, 15) is 13.6 Å². The molecule has 1 aromatic rings. The van der Waals surface area contributed by atoms with Gasteiger partial charge in [-0.2, -0.15) is 0 Å². The summed E-state index contributed by atoms with van der Waals surface area (Å²) in [6.45, 7) is 0. The van der Waals surface area contributed by atoms with Crippen LogP contribution in [0.25, 0.3) is 0 Å². The van der Waals surface area contributed by atoms with Crippen LogP contribution in [-0.2, 0) is 0 Å². The minimum atomic E-state index is -2.75. The first-order valence-corrected chi connectivity index (χ1v) is 4.00. The number of carbonyl (C=O) groups is 1. The van der Waals surface area contributed by atoms with E-state index in [2.05, 4.69) is 4.98 Å². The smallest absolute Gasteiger partial charge is 0.267 e. The van der Waals surface area contributed by atoms with Crippen LogP contribution in [0.1, 0.15) is 22.5 Å². The van der Waals surface area contributed by atoms with Crippen molar-refractivity contribution >= 4 is 6.29 Å². The van der Waals surface area contributed by atoms with Crippen LogP contribution in [0.3, 0.4) is 0 Å². The van der Waals surface area contributed by atoms with Gasteiger partial charge in [-0.15, -0.1) is 0 Å². The van der Waals surface area contributed by atoms with Crippen LogP contribution in [0, 0.1) is 0 Å². The van der Waals surface area contributed by atoms with Crippen molar-refractivity contribution in [2.75, 3.05) is 14.2 Å². The van der Waals surface area contributed by atoms with Gasteiger partial charge in [0.05, 0.1) is 19.8 Å². The largest absolute Gasteiger partial charge is 0.491 e. The van der Waals surface area contributed by atoms with E-state index in [1.807, 2.05) is 0 Å². The highest BCUT2D eigenvalue weighted by molar-refractivity contribution is 5.73. The van der Waals surface area contributed by atoms with E-state index in [1.165, 1.54) is 14.2 Å². The first-order valence-electron chi connectivity index (χ1n) is 4.00. The number of hydrogen-bond donors (Lipinski definition) is 0. The molecule has 82 valence electrons. The standard InChI is InChI=1S/C9H9F2NO3/c1-14-7-6(8(10)11)3-5(4-13)12-9(7)15-2/h3-4,8H,1-2H3. The van der Waals surface area contributed by atoms with Crippen molar-refractivity contribution in [1.82, 2.24) is 4.98 Å². The molecule has 0 unspecified atom stereocenters.